The molecule has 0 bridgehead atoms. The second-order valence-electron chi connectivity index (χ2n) is 12.3. The van der Waals surface area contributed by atoms with Crippen molar-refractivity contribution in [2.75, 3.05) is 0 Å². The molecule has 13 heteroatoms. The number of hydrogen-bond acceptors (Lipinski definition) is 4. The van der Waals surface area contributed by atoms with Crippen molar-refractivity contribution >= 4 is 23.2 Å². The van der Waals surface area contributed by atoms with Gasteiger partial charge in [-0.15, -0.1) is 0 Å². The van der Waals surface area contributed by atoms with Gasteiger partial charge in [0, 0.05) is 23.6 Å². The average Bonchev–Trinajstić information content (AvgIpc) is 3.00. The van der Waals surface area contributed by atoms with Crippen LogP contribution in [0.25, 0.3) is 11.1 Å². The molecule has 0 aliphatic carbocycles. The maximum atomic E-state index is 14.8. The quantitative estimate of drug-likeness (QED) is 0.200. The van der Waals surface area contributed by atoms with E-state index in [-0.39, 0.29) is 28.7 Å². The Morgan fingerprint density at radius 1 is 0.551 bits per heavy atom. The Labute approximate surface area is 274 Å². The minimum Gasteiger partial charge on any atom is -0.460 e. The predicted molar refractivity (Wildman–Crippen MR) is 165 cm³/mol. The highest BCUT2D eigenvalue weighted by atomic mass is 19.4. The smallest absolute Gasteiger partial charge is 0.432 e. The minimum atomic E-state index is -5.14. The van der Waals surface area contributed by atoms with Crippen LogP contribution in [0.5, 0.6) is 0 Å². The van der Waals surface area contributed by atoms with E-state index in [1.165, 1.54) is 19.1 Å². The van der Waals surface area contributed by atoms with E-state index in [2.05, 4.69) is 9.98 Å². The van der Waals surface area contributed by atoms with Crippen LogP contribution in [0.2, 0.25) is 0 Å². The lowest BCUT2D eigenvalue weighted by Gasteiger charge is -2.38. The van der Waals surface area contributed by atoms with E-state index in [0.29, 0.717) is 26.0 Å². The summed E-state index contributed by atoms with van der Waals surface area (Å²) < 4.78 is 142. The molecule has 0 radical (unpaired) electrons. The van der Waals surface area contributed by atoms with E-state index in [1.807, 2.05) is 31.2 Å². The number of halogens is 9. The van der Waals surface area contributed by atoms with Crippen LogP contribution < -0.4 is 0 Å². The maximum absolute atomic E-state index is 14.8. The van der Waals surface area contributed by atoms with Crippen molar-refractivity contribution in [3.05, 3.63) is 118 Å². The fraction of sp³-hybridized carbons (Fsp3) is 0.278. The molecule has 0 aromatic heterocycles. The van der Waals surface area contributed by atoms with Crippen LogP contribution in [0, 0.1) is 6.92 Å². The largest absolute Gasteiger partial charge is 0.460 e. The molecule has 3 unspecified atom stereocenters. The zero-order valence-electron chi connectivity index (χ0n) is 26.3. The number of nitrogens with zero attached hydrogens (tertiary/aromatic N) is 2. The summed E-state index contributed by atoms with van der Waals surface area (Å²) in [4.78, 5) is 8.15. The van der Waals surface area contributed by atoms with Crippen molar-refractivity contribution in [2.24, 2.45) is 9.98 Å². The molecular formula is C36H27F9N2O2. The number of benzene rings is 4. The summed E-state index contributed by atoms with van der Waals surface area (Å²) in [6.07, 6.45) is -15.3. The van der Waals surface area contributed by atoms with Crippen molar-refractivity contribution in [3.63, 3.8) is 0 Å². The van der Waals surface area contributed by atoms with Crippen LogP contribution >= 0.6 is 0 Å². The highest BCUT2D eigenvalue weighted by Crippen LogP contribution is 2.53. The van der Waals surface area contributed by atoms with Gasteiger partial charge in [-0.3, -0.25) is 0 Å². The molecule has 4 aromatic carbocycles. The van der Waals surface area contributed by atoms with Crippen molar-refractivity contribution in [1.29, 1.82) is 0 Å². The van der Waals surface area contributed by atoms with Gasteiger partial charge >= 0.3 is 18.5 Å². The number of aryl methyl sites for hydroxylation is 1. The molecule has 2 heterocycles. The van der Waals surface area contributed by atoms with Gasteiger partial charge in [-0.2, -0.15) is 39.5 Å². The van der Waals surface area contributed by atoms with E-state index < -0.39 is 57.9 Å². The lowest BCUT2D eigenvalue weighted by Crippen LogP contribution is -2.45. The second kappa shape index (κ2) is 11.4. The Morgan fingerprint density at radius 3 is 1.45 bits per heavy atom. The van der Waals surface area contributed by atoms with Crippen LogP contribution in [0.15, 0.2) is 94.9 Å². The average molecular weight is 691 g/mol. The van der Waals surface area contributed by atoms with Gasteiger partial charge in [0.05, 0.1) is 11.4 Å². The summed E-state index contributed by atoms with van der Waals surface area (Å²) in [5, 5.41) is 0. The lowest BCUT2D eigenvalue weighted by molar-refractivity contribution is -0.253. The first kappa shape index (κ1) is 34.1. The summed E-state index contributed by atoms with van der Waals surface area (Å²) in [6, 6.07) is 19.4. The van der Waals surface area contributed by atoms with Gasteiger partial charge < -0.3 is 9.47 Å². The predicted octanol–water partition coefficient (Wildman–Crippen LogP) is 11.1. The van der Waals surface area contributed by atoms with Gasteiger partial charge in [0.25, 0.3) is 0 Å². The lowest BCUT2D eigenvalue weighted by atomic mass is 9.82. The third kappa shape index (κ3) is 5.93. The van der Waals surface area contributed by atoms with Gasteiger partial charge in [-0.25, -0.2) is 9.98 Å². The molecule has 2 aliphatic heterocycles. The van der Waals surface area contributed by atoms with E-state index in [9.17, 15) is 39.5 Å². The molecule has 0 saturated carbocycles. The van der Waals surface area contributed by atoms with Gasteiger partial charge in [0.15, 0.2) is 5.90 Å². The van der Waals surface area contributed by atoms with Crippen LogP contribution in [0.4, 0.5) is 50.9 Å². The second-order valence-corrected chi connectivity index (χ2v) is 12.3. The summed E-state index contributed by atoms with van der Waals surface area (Å²) in [6.45, 7) is 4.48. The first-order valence-corrected chi connectivity index (χ1v) is 14.9. The summed E-state index contributed by atoms with van der Waals surface area (Å²) in [5.41, 5.74) is -6.43. The molecule has 4 aromatic rings. The molecule has 2 aliphatic rings. The fourth-order valence-electron chi connectivity index (χ4n) is 6.02. The SMILES string of the molecule is CC1=Nc2ccc(C(c3ccc4c(c3)C(C)(C(F)(F)F)OC(c3ccc(-c5ccc(C)cc5)cc3)=N4)C(F)(F)F)cc2C(C)(C(F)(F)F)O1. The standard InChI is InChI=1S/C36H27F9N2O2/c1-19-5-7-21(8-6-19)22-9-11-23(12-10-22)31-47-29-16-14-25(18-27(29)33(4,49-31)36(43,44)45)30(34(37,38)39)24-13-15-28-26(17-24)32(3,35(40,41)42)48-20(2)46-28/h5-18,30H,1-4H3. The monoisotopic (exact) mass is 690 g/mol. The zero-order chi connectivity index (χ0) is 35.7. The summed E-state index contributed by atoms with van der Waals surface area (Å²) >= 11 is 0. The first-order valence-electron chi connectivity index (χ1n) is 14.9. The molecule has 0 saturated heterocycles. The number of ether oxygens (including phenoxy) is 2. The van der Waals surface area contributed by atoms with Crippen molar-refractivity contribution in [3.8, 4) is 11.1 Å². The third-order valence-corrected chi connectivity index (χ3v) is 8.81. The third-order valence-electron chi connectivity index (χ3n) is 8.81. The first-order chi connectivity index (χ1) is 22.7. The zero-order valence-corrected chi connectivity index (χ0v) is 26.3. The number of fused-ring (bicyclic) bond motifs is 2. The summed E-state index contributed by atoms with van der Waals surface area (Å²) in [7, 11) is 0. The highest BCUT2D eigenvalue weighted by molar-refractivity contribution is 5.98. The van der Waals surface area contributed by atoms with Gasteiger partial charge in [-0.05, 0) is 79.4 Å². The van der Waals surface area contributed by atoms with E-state index in [4.69, 9.17) is 9.47 Å². The van der Waals surface area contributed by atoms with Crippen LogP contribution in [-0.2, 0) is 20.7 Å². The van der Waals surface area contributed by atoms with E-state index in [1.54, 1.807) is 12.1 Å². The Bertz CT molecular complexity index is 1980. The molecule has 4 nitrogen and oxygen atoms in total. The Hall–Kier alpha value is -4.81. The van der Waals surface area contributed by atoms with Crippen molar-refractivity contribution < 1.29 is 49.0 Å². The number of aliphatic imine (C=N–C) groups is 2. The van der Waals surface area contributed by atoms with Crippen LogP contribution in [0.1, 0.15) is 60.1 Å². The topological polar surface area (TPSA) is 43.2 Å². The van der Waals surface area contributed by atoms with Crippen molar-refractivity contribution in [1.82, 2.24) is 0 Å². The number of rotatable bonds is 4. The van der Waals surface area contributed by atoms with Gasteiger partial charge in [0.2, 0.25) is 17.1 Å². The Kier molecular flexibility index (Phi) is 7.91. The van der Waals surface area contributed by atoms with E-state index in [0.717, 1.165) is 41.0 Å². The molecule has 0 amide bonds. The fourth-order valence-corrected chi connectivity index (χ4v) is 6.02. The van der Waals surface area contributed by atoms with Crippen LogP contribution in [0.3, 0.4) is 0 Å². The Balaban J connectivity index is 1.45. The normalized spacial score (nSPS) is 21.4. The molecule has 3 atom stereocenters. The molecule has 0 fully saturated rings. The molecule has 0 N–H and O–H groups in total. The number of hydrogen-bond donors (Lipinski definition) is 0. The van der Waals surface area contributed by atoms with Gasteiger partial charge in [-0.1, -0.05) is 54.1 Å². The molecule has 6 rings (SSSR count). The number of alkyl halides is 9. The molecule has 256 valence electrons. The highest BCUT2D eigenvalue weighted by Gasteiger charge is 2.59. The van der Waals surface area contributed by atoms with Crippen LogP contribution in [-0.4, -0.2) is 30.3 Å². The van der Waals surface area contributed by atoms with E-state index >= 15 is 0 Å². The molecular weight excluding hydrogens is 663 g/mol. The maximum Gasteiger partial charge on any atom is 0.432 e. The summed E-state index contributed by atoms with van der Waals surface area (Å²) in [5.74, 6) is -3.35. The van der Waals surface area contributed by atoms with Gasteiger partial charge in [0.1, 0.15) is 5.92 Å². The van der Waals surface area contributed by atoms with Crippen molar-refractivity contribution in [2.45, 2.75) is 63.3 Å². The molecule has 0 spiro atoms. The Morgan fingerprint density at radius 2 is 0.980 bits per heavy atom. The minimum absolute atomic E-state index is 0.205. The molecule has 49 heavy (non-hydrogen) atoms.